The first kappa shape index (κ1) is 26.2. The second-order valence-electron chi connectivity index (χ2n) is 8.93. The first-order chi connectivity index (χ1) is 16.5. The van der Waals surface area contributed by atoms with Crippen LogP contribution in [-0.2, 0) is 28.5 Å². The normalized spacial score (nSPS) is 16.8. The lowest BCUT2D eigenvalue weighted by Crippen LogP contribution is -2.50. The second-order valence-corrected chi connectivity index (χ2v) is 8.93. The molecule has 3 rings (SSSR count). The zero-order valence-electron chi connectivity index (χ0n) is 20.4. The third kappa shape index (κ3) is 5.81. The number of rotatable bonds is 4. The van der Waals surface area contributed by atoms with Gasteiger partial charge in [-0.05, 0) is 32.9 Å². The lowest BCUT2D eigenvalue weighted by atomic mass is 10.1. The van der Waals surface area contributed by atoms with Crippen LogP contribution in [0, 0.1) is 11.6 Å². The molecular formula is C23H29F2N3O7. The SMILES string of the molecule is COC(=O)C1=C(C(=O)OC)N(c2cc(F)c(N3CCN(C(=O)OC(C)(C)C)CC3)c(F)c2)COC1. The van der Waals surface area contributed by atoms with Crippen LogP contribution < -0.4 is 9.80 Å². The monoisotopic (exact) mass is 497 g/mol. The van der Waals surface area contributed by atoms with Gasteiger partial charge in [-0.3, -0.25) is 0 Å². The molecule has 1 aromatic carbocycles. The molecule has 12 heteroatoms. The maximum Gasteiger partial charge on any atom is 0.410 e. The summed E-state index contributed by atoms with van der Waals surface area (Å²) >= 11 is 0. The maximum absolute atomic E-state index is 15.2. The van der Waals surface area contributed by atoms with Crippen LogP contribution in [0.4, 0.5) is 25.0 Å². The number of amides is 1. The standard InChI is InChI=1S/C23H29F2N3O7/c1-23(2,3)35-22(31)27-8-6-26(7-9-27)19-16(24)10-14(11-17(19)25)28-13-34-12-15(20(29)32-4)18(28)21(30)33-5/h10-11H,6-9,12-13H2,1-5H3. The van der Waals surface area contributed by atoms with Crippen molar-refractivity contribution in [2.45, 2.75) is 26.4 Å². The Kier molecular flexibility index (Phi) is 7.83. The van der Waals surface area contributed by atoms with Gasteiger partial charge in [0.2, 0.25) is 0 Å². The number of carbonyl (C=O) groups excluding carboxylic acids is 3. The molecule has 2 aliphatic heterocycles. The zero-order chi connectivity index (χ0) is 25.9. The van der Waals surface area contributed by atoms with Crippen molar-refractivity contribution in [3.05, 3.63) is 35.0 Å². The quantitative estimate of drug-likeness (QED) is 0.459. The van der Waals surface area contributed by atoms with Gasteiger partial charge in [-0.1, -0.05) is 0 Å². The molecule has 1 aromatic rings. The molecule has 10 nitrogen and oxygen atoms in total. The van der Waals surface area contributed by atoms with E-state index in [1.54, 1.807) is 20.8 Å². The largest absolute Gasteiger partial charge is 0.466 e. The molecule has 0 unspecified atom stereocenters. The van der Waals surface area contributed by atoms with Crippen molar-refractivity contribution in [2.24, 2.45) is 0 Å². The second kappa shape index (κ2) is 10.5. The van der Waals surface area contributed by atoms with Gasteiger partial charge in [0.15, 0.2) is 11.6 Å². The summed E-state index contributed by atoms with van der Waals surface area (Å²) in [6.45, 7) is 5.66. The minimum absolute atomic E-state index is 0.0438. The van der Waals surface area contributed by atoms with Gasteiger partial charge in [0.05, 0.1) is 26.4 Å². The van der Waals surface area contributed by atoms with E-state index in [-0.39, 0.29) is 62.2 Å². The van der Waals surface area contributed by atoms with Gasteiger partial charge < -0.3 is 33.6 Å². The van der Waals surface area contributed by atoms with E-state index in [4.69, 9.17) is 18.9 Å². The Hall–Kier alpha value is -3.41. The van der Waals surface area contributed by atoms with Gasteiger partial charge in [-0.15, -0.1) is 0 Å². The molecule has 0 bridgehead atoms. The predicted molar refractivity (Wildman–Crippen MR) is 121 cm³/mol. The Balaban J connectivity index is 1.85. The summed E-state index contributed by atoms with van der Waals surface area (Å²) in [5.41, 5.74) is -1.30. The van der Waals surface area contributed by atoms with Gasteiger partial charge in [-0.2, -0.15) is 0 Å². The third-order valence-electron chi connectivity index (χ3n) is 5.39. The summed E-state index contributed by atoms with van der Waals surface area (Å²) in [6.07, 6.45) is -0.484. The number of anilines is 2. The van der Waals surface area contributed by atoms with Crippen molar-refractivity contribution in [1.82, 2.24) is 4.90 Å². The van der Waals surface area contributed by atoms with Crippen LogP contribution in [0.2, 0.25) is 0 Å². The fourth-order valence-corrected chi connectivity index (χ4v) is 3.80. The van der Waals surface area contributed by atoms with Crippen LogP contribution >= 0.6 is 0 Å². The number of nitrogens with zero attached hydrogens (tertiary/aromatic N) is 3. The molecule has 1 fully saturated rings. The van der Waals surface area contributed by atoms with E-state index in [2.05, 4.69) is 0 Å². The van der Waals surface area contributed by atoms with Gasteiger partial charge in [-0.25, -0.2) is 23.2 Å². The average Bonchev–Trinajstić information content (AvgIpc) is 2.81. The van der Waals surface area contributed by atoms with Gasteiger partial charge in [0, 0.05) is 31.9 Å². The summed E-state index contributed by atoms with van der Waals surface area (Å²) in [5, 5.41) is 0. The molecule has 192 valence electrons. The number of methoxy groups -OCH3 is 2. The highest BCUT2D eigenvalue weighted by atomic mass is 19.1. The number of halogens is 2. The first-order valence-corrected chi connectivity index (χ1v) is 10.9. The van der Waals surface area contributed by atoms with E-state index in [1.807, 2.05) is 0 Å². The van der Waals surface area contributed by atoms with Crippen molar-refractivity contribution in [1.29, 1.82) is 0 Å². The Labute approximate surface area is 201 Å². The lowest BCUT2D eigenvalue weighted by molar-refractivity contribution is -0.140. The fourth-order valence-electron chi connectivity index (χ4n) is 3.80. The van der Waals surface area contributed by atoms with E-state index in [0.29, 0.717) is 0 Å². The van der Waals surface area contributed by atoms with Crippen LogP contribution in [0.5, 0.6) is 0 Å². The van der Waals surface area contributed by atoms with Gasteiger partial charge in [0.25, 0.3) is 0 Å². The lowest BCUT2D eigenvalue weighted by Gasteiger charge is -2.37. The van der Waals surface area contributed by atoms with Crippen LogP contribution in [0.25, 0.3) is 0 Å². The summed E-state index contributed by atoms with van der Waals surface area (Å²) in [6, 6.07) is 2.09. The van der Waals surface area contributed by atoms with E-state index in [1.165, 1.54) is 9.80 Å². The summed E-state index contributed by atoms with van der Waals surface area (Å²) in [5.74, 6) is -3.45. The van der Waals surface area contributed by atoms with E-state index < -0.39 is 35.3 Å². The van der Waals surface area contributed by atoms with Crippen molar-refractivity contribution < 1.29 is 42.1 Å². The number of benzene rings is 1. The highest BCUT2D eigenvalue weighted by Crippen LogP contribution is 2.33. The molecule has 2 aliphatic rings. The average molecular weight is 497 g/mol. The molecule has 0 N–H and O–H groups in total. The van der Waals surface area contributed by atoms with E-state index in [9.17, 15) is 14.4 Å². The molecule has 1 saturated heterocycles. The molecular weight excluding hydrogens is 468 g/mol. The fraction of sp³-hybridized carbons (Fsp3) is 0.522. The van der Waals surface area contributed by atoms with Crippen molar-refractivity contribution >= 4 is 29.4 Å². The highest BCUT2D eigenvalue weighted by Gasteiger charge is 2.34. The van der Waals surface area contributed by atoms with Gasteiger partial charge >= 0.3 is 18.0 Å². The Morgan fingerprint density at radius 3 is 2.03 bits per heavy atom. The van der Waals surface area contributed by atoms with Crippen LogP contribution in [0.1, 0.15) is 20.8 Å². The third-order valence-corrected chi connectivity index (χ3v) is 5.39. The van der Waals surface area contributed by atoms with Crippen LogP contribution in [-0.4, -0.2) is 82.3 Å². The van der Waals surface area contributed by atoms with Crippen LogP contribution in [0.15, 0.2) is 23.4 Å². The van der Waals surface area contributed by atoms with Crippen molar-refractivity contribution in [3.63, 3.8) is 0 Å². The summed E-state index contributed by atoms with van der Waals surface area (Å²) in [7, 11) is 2.26. The Bertz CT molecular complexity index is 1010. The van der Waals surface area contributed by atoms with Crippen LogP contribution in [0.3, 0.4) is 0 Å². The van der Waals surface area contributed by atoms with Crippen molar-refractivity contribution in [2.75, 3.05) is 63.5 Å². The molecule has 0 aliphatic carbocycles. The number of piperazine rings is 1. The summed E-state index contributed by atoms with van der Waals surface area (Å²) < 4.78 is 50.5. The number of esters is 2. The Morgan fingerprint density at radius 2 is 1.51 bits per heavy atom. The number of ether oxygens (including phenoxy) is 4. The number of hydrogen-bond acceptors (Lipinski definition) is 9. The molecule has 0 aromatic heterocycles. The topological polar surface area (TPSA) is 97.9 Å². The zero-order valence-corrected chi connectivity index (χ0v) is 20.4. The first-order valence-electron chi connectivity index (χ1n) is 10.9. The van der Waals surface area contributed by atoms with Crippen molar-refractivity contribution in [3.8, 4) is 0 Å². The number of carbonyl (C=O) groups is 3. The molecule has 0 saturated carbocycles. The molecule has 0 radical (unpaired) electrons. The Morgan fingerprint density at radius 1 is 0.943 bits per heavy atom. The number of hydrogen-bond donors (Lipinski definition) is 0. The maximum atomic E-state index is 15.2. The molecule has 35 heavy (non-hydrogen) atoms. The molecule has 2 heterocycles. The highest BCUT2D eigenvalue weighted by molar-refractivity contribution is 6.03. The smallest absolute Gasteiger partial charge is 0.410 e. The molecule has 1 amide bonds. The molecule has 0 atom stereocenters. The predicted octanol–water partition coefficient (Wildman–Crippen LogP) is 2.42. The van der Waals surface area contributed by atoms with Gasteiger partial charge in [0.1, 0.15) is 23.7 Å². The minimum atomic E-state index is -0.878. The molecule has 0 spiro atoms. The van der Waals surface area contributed by atoms with E-state index in [0.717, 1.165) is 31.3 Å². The summed E-state index contributed by atoms with van der Waals surface area (Å²) in [4.78, 5) is 40.9. The minimum Gasteiger partial charge on any atom is -0.466 e. The van der Waals surface area contributed by atoms with E-state index >= 15 is 8.78 Å².